The van der Waals surface area contributed by atoms with Gasteiger partial charge >= 0.3 is 0 Å². The van der Waals surface area contributed by atoms with Crippen LogP contribution in [0.2, 0.25) is 0 Å². The first-order valence-electron chi connectivity index (χ1n) is 6.69. The summed E-state index contributed by atoms with van der Waals surface area (Å²) in [5, 5.41) is 13.6. The molecular weight excluding hydrogens is 186 g/mol. The molecule has 0 bridgehead atoms. The van der Waals surface area contributed by atoms with Gasteiger partial charge in [0.2, 0.25) is 0 Å². The lowest BCUT2D eigenvalue weighted by Crippen LogP contribution is -2.39. The average Bonchev–Trinajstić information content (AvgIpc) is 3.10. The number of nitrogens with one attached hydrogen (secondary N) is 1. The van der Waals surface area contributed by atoms with Crippen LogP contribution in [-0.4, -0.2) is 23.8 Å². The van der Waals surface area contributed by atoms with Gasteiger partial charge in [-0.25, -0.2) is 0 Å². The molecule has 2 heteroatoms. The molecule has 0 aliphatic heterocycles. The van der Waals surface area contributed by atoms with Gasteiger partial charge in [-0.2, -0.15) is 0 Å². The van der Waals surface area contributed by atoms with E-state index in [9.17, 15) is 5.11 Å². The van der Waals surface area contributed by atoms with Crippen molar-refractivity contribution in [2.75, 3.05) is 6.54 Å². The normalized spacial score (nSPS) is 27.6. The second kappa shape index (κ2) is 5.31. The molecule has 88 valence electrons. The predicted molar refractivity (Wildman–Crippen MR) is 62.8 cm³/mol. The molecule has 0 heterocycles. The van der Waals surface area contributed by atoms with Gasteiger partial charge in [-0.05, 0) is 44.4 Å². The summed E-state index contributed by atoms with van der Waals surface area (Å²) in [6.45, 7) is 3.06. The smallest absolute Gasteiger partial charge is 0.0692 e. The van der Waals surface area contributed by atoms with Gasteiger partial charge in [0.1, 0.15) is 0 Å². The lowest BCUT2D eigenvalue weighted by Gasteiger charge is -2.27. The molecule has 0 aromatic carbocycles. The van der Waals surface area contributed by atoms with E-state index in [4.69, 9.17) is 0 Å². The largest absolute Gasteiger partial charge is 0.392 e. The SMILES string of the molecule is CC(NCC(O)C1CCCCC1)C1CC1. The second-order valence-electron chi connectivity index (χ2n) is 5.50. The first-order chi connectivity index (χ1) is 7.27. The Labute approximate surface area is 93.5 Å². The number of hydrogen-bond acceptors (Lipinski definition) is 2. The van der Waals surface area contributed by atoms with Crippen LogP contribution in [0.5, 0.6) is 0 Å². The maximum Gasteiger partial charge on any atom is 0.0692 e. The molecule has 0 aromatic heterocycles. The lowest BCUT2D eigenvalue weighted by molar-refractivity contribution is 0.0812. The molecule has 2 saturated carbocycles. The Balaban J connectivity index is 1.64. The minimum atomic E-state index is -0.105. The molecule has 2 atom stereocenters. The third kappa shape index (κ3) is 3.46. The Hall–Kier alpha value is -0.0800. The summed E-state index contributed by atoms with van der Waals surface area (Å²) in [6, 6.07) is 0.614. The van der Waals surface area contributed by atoms with Gasteiger partial charge in [-0.1, -0.05) is 19.3 Å². The van der Waals surface area contributed by atoms with Crippen LogP contribution in [0.15, 0.2) is 0 Å². The average molecular weight is 211 g/mol. The molecular formula is C13H25NO. The van der Waals surface area contributed by atoms with E-state index in [2.05, 4.69) is 12.2 Å². The Morgan fingerprint density at radius 3 is 2.33 bits per heavy atom. The van der Waals surface area contributed by atoms with Crippen molar-refractivity contribution in [3.63, 3.8) is 0 Å². The summed E-state index contributed by atoms with van der Waals surface area (Å²) in [4.78, 5) is 0. The number of rotatable bonds is 5. The van der Waals surface area contributed by atoms with Crippen LogP contribution < -0.4 is 5.32 Å². The molecule has 2 unspecified atom stereocenters. The summed E-state index contributed by atoms with van der Waals surface area (Å²) >= 11 is 0. The van der Waals surface area contributed by atoms with Crippen LogP contribution in [0.4, 0.5) is 0 Å². The van der Waals surface area contributed by atoms with Crippen LogP contribution >= 0.6 is 0 Å². The highest BCUT2D eigenvalue weighted by Gasteiger charge is 2.29. The Bertz CT molecular complexity index is 185. The Morgan fingerprint density at radius 2 is 1.73 bits per heavy atom. The molecule has 2 fully saturated rings. The number of aliphatic hydroxyl groups is 1. The zero-order valence-corrected chi connectivity index (χ0v) is 9.91. The van der Waals surface area contributed by atoms with Gasteiger partial charge in [0, 0.05) is 12.6 Å². The highest BCUT2D eigenvalue weighted by atomic mass is 16.3. The fourth-order valence-corrected chi connectivity index (χ4v) is 2.76. The van der Waals surface area contributed by atoms with Gasteiger partial charge in [-0.15, -0.1) is 0 Å². The molecule has 2 aliphatic rings. The summed E-state index contributed by atoms with van der Waals surface area (Å²) in [5.41, 5.74) is 0. The Kier molecular flexibility index (Phi) is 4.04. The minimum Gasteiger partial charge on any atom is -0.392 e. The van der Waals surface area contributed by atoms with Crippen molar-refractivity contribution in [1.29, 1.82) is 0 Å². The third-order valence-electron chi connectivity index (χ3n) is 4.17. The van der Waals surface area contributed by atoms with Crippen molar-refractivity contribution in [3.8, 4) is 0 Å². The first-order valence-corrected chi connectivity index (χ1v) is 6.69. The topological polar surface area (TPSA) is 32.3 Å². The third-order valence-corrected chi connectivity index (χ3v) is 4.17. The predicted octanol–water partition coefficient (Wildman–Crippen LogP) is 2.32. The van der Waals surface area contributed by atoms with E-state index in [1.165, 1.54) is 44.9 Å². The van der Waals surface area contributed by atoms with Crippen LogP contribution in [0.3, 0.4) is 0 Å². The maximum atomic E-state index is 10.1. The molecule has 0 spiro atoms. The van der Waals surface area contributed by atoms with E-state index < -0.39 is 0 Å². The van der Waals surface area contributed by atoms with E-state index in [-0.39, 0.29) is 6.10 Å². The zero-order chi connectivity index (χ0) is 10.7. The van der Waals surface area contributed by atoms with Crippen molar-refractivity contribution < 1.29 is 5.11 Å². The van der Waals surface area contributed by atoms with Crippen molar-refractivity contribution in [3.05, 3.63) is 0 Å². The molecule has 0 saturated heterocycles. The van der Waals surface area contributed by atoms with Gasteiger partial charge in [0.05, 0.1) is 6.10 Å². The van der Waals surface area contributed by atoms with E-state index in [1.54, 1.807) is 0 Å². The minimum absolute atomic E-state index is 0.105. The number of aliphatic hydroxyl groups excluding tert-OH is 1. The molecule has 2 nitrogen and oxygen atoms in total. The van der Waals surface area contributed by atoms with Crippen molar-refractivity contribution in [2.24, 2.45) is 11.8 Å². The van der Waals surface area contributed by atoms with Gasteiger partial charge in [0.15, 0.2) is 0 Å². The highest BCUT2D eigenvalue weighted by Crippen LogP contribution is 2.32. The number of hydrogen-bond donors (Lipinski definition) is 2. The van der Waals surface area contributed by atoms with E-state index in [0.29, 0.717) is 12.0 Å². The summed E-state index contributed by atoms with van der Waals surface area (Å²) in [5.74, 6) is 1.46. The first kappa shape index (κ1) is 11.4. The maximum absolute atomic E-state index is 10.1. The molecule has 0 amide bonds. The monoisotopic (exact) mass is 211 g/mol. The van der Waals surface area contributed by atoms with E-state index >= 15 is 0 Å². The second-order valence-corrected chi connectivity index (χ2v) is 5.50. The quantitative estimate of drug-likeness (QED) is 0.731. The van der Waals surface area contributed by atoms with Crippen LogP contribution in [-0.2, 0) is 0 Å². The molecule has 2 N–H and O–H groups in total. The Morgan fingerprint density at radius 1 is 1.07 bits per heavy atom. The standard InChI is InChI=1S/C13H25NO/c1-10(11-7-8-11)14-9-13(15)12-5-3-2-4-6-12/h10-15H,2-9H2,1H3. The molecule has 0 radical (unpaired) electrons. The van der Waals surface area contributed by atoms with Crippen LogP contribution in [0.1, 0.15) is 51.9 Å². The van der Waals surface area contributed by atoms with Gasteiger partial charge < -0.3 is 10.4 Å². The highest BCUT2D eigenvalue weighted by molar-refractivity contribution is 4.84. The van der Waals surface area contributed by atoms with E-state index in [0.717, 1.165) is 12.5 Å². The fourth-order valence-electron chi connectivity index (χ4n) is 2.76. The zero-order valence-electron chi connectivity index (χ0n) is 9.91. The molecule has 2 rings (SSSR count). The van der Waals surface area contributed by atoms with Gasteiger partial charge in [-0.3, -0.25) is 0 Å². The molecule has 15 heavy (non-hydrogen) atoms. The summed E-state index contributed by atoms with van der Waals surface area (Å²) < 4.78 is 0. The summed E-state index contributed by atoms with van der Waals surface area (Å²) in [7, 11) is 0. The van der Waals surface area contributed by atoms with Crippen molar-refractivity contribution in [2.45, 2.75) is 64.0 Å². The van der Waals surface area contributed by atoms with Gasteiger partial charge in [0.25, 0.3) is 0 Å². The molecule has 2 aliphatic carbocycles. The van der Waals surface area contributed by atoms with Crippen molar-refractivity contribution >= 4 is 0 Å². The fraction of sp³-hybridized carbons (Fsp3) is 1.00. The van der Waals surface area contributed by atoms with Crippen LogP contribution in [0, 0.1) is 11.8 Å². The van der Waals surface area contributed by atoms with Crippen molar-refractivity contribution in [1.82, 2.24) is 5.32 Å². The lowest BCUT2D eigenvalue weighted by atomic mass is 9.85. The molecule has 0 aromatic rings. The van der Waals surface area contributed by atoms with Crippen LogP contribution in [0.25, 0.3) is 0 Å². The van der Waals surface area contributed by atoms with E-state index in [1.807, 2.05) is 0 Å². The summed E-state index contributed by atoms with van der Waals surface area (Å²) in [6.07, 6.45) is 9.14.